The van der Waals surface area contributed by atoms with Gasteiger partial charge in [0, 0.05) is 39.0 Å². The third-order valence-corrected chi connectivity index (χ3v) is 2.86. The zero-order chi connectivity index (χ0) is 13.9. The molecule has 0 aromatic carbocycles. The third kappa shape index (κ3) is 8.06. The highest BCUT2D eigenvalue weighted by Gasteiger charge is 2.13. The van der Waals surface area contributed by atoms with Crippen molar-refractivity contribution in [1.82, 2.24) is 10.6 Å². The number of nitrogens with one attached hydrogen (secondary N) is 2. The van der Waals surface area contributed by atoms with E-state index < -0.39 is 0 Å². The van der Waals surface area contributed by atoms with Crippen molar-refractivity contribution in [1.29, 1.82) is 0 Å². The van der Waals surface area contributed by atoms with Gasteiger partial charge in [-0.1, -0.05) is 0 Å². The van der Waals surface area contributed by atoms with E-state index in [1.165, 1.54) is 0 Å². The van der Waals surface area contributed by atoms with Crippen LogP contribution in [0.4, 0.5) is 0 Å². The summed E-state index contributed by atoms with van der Waals surface area (Å²) in [7, 11) is 0. The standard InChI is InChI=1S/C14H29N3O2/c1-4-15-14(17-12(2)3)16-8-5-9-19-13-6-10-18-11-7-13/h12-13H,4-11H2,1-3H3,(H2,15,16,17). The van der Waals surface area contributed by atoms with Crippen molar-refractivity contribution in [2.24, 2.45) is 4.99 Å². The van der Waals surface area contributed by atoms with E-state index in [1.807, 2.05) is 0 Å². The van der Waals surface area contributed by atoms with E-state index in [-0.39, 0.29) is 0 Å². The zero-order valence-corrected chi connectivity index (χ0v) is 12.6. The van der Waals surface area contributed by atoms with E-state index >= 15 is 0 Å². The summed E-state index contributed by atoms with van der Waals surface area (Å²) in [5.41, 5.74) is 0. The quantitative estimate of drug-likeness (QED) is 0.419. The van der Waals surface area contributed by atoms with Gasteiger partial charge < -0.3 is 20.1 Å². The average molecular weight is 271 g/mol. The first-order chi connectivity index (χ1) is 9.22. The van der Waals surface area contributed by atoms with Gasteiger partial charge in [-0.15, -0.1) is 0 Å². The lowest BCUT2D eigenvalue weighted by molar-refractivity contribution is -0.0318. The predicted molar refractivity (Wildman–Crippen MR) is 78.7 cm³/mol. The van der Waals surface area contributed by atoms with Crippen molar-refractivity contribution < 1.29 is 9.47 Å². The maximum Gasteiger partial charge on any atom is 0.191 e. The van der Waals surface area contributed by atoms with Crippen molar-refractivity contribution in [3.63, 3.8) is 0 Å². The van der Waals surface area contributed by atoms with Crippen molar-refractivity contribution in [2.45, 2.75) is 52.2 Å². The molecule has 2 N–H and O–H groups in total. The third-order valence-electron chi connectivity index (χ3n) is 2.86. The molecule has 0 radical (unpaired) electrons. The zero-order valence-electron chi connectivity index (χ0n) is 12.6. The Bertz CT molecular complexity index is 251. The molecule has 0 atom stereocenters. The van der Waals surface area contributed by atoms with E-state index in [4.69, 9.17) is 9.47 Å². The Balaban J connectivity index is 2.11. The minimum atomic E-state index is 0.389. The fourth-order valence-corrected chi connectivity index (χ4v) is 1.94. The Morgan fingerprint density at radius 1 is 1.37 bits per heavy atom. The Labute approximate surface area is 117 Å². The largest absolute Gasteiger partial charge is 0.381 e. The summed E-state index contributed by atoms with van der Waals surface area (Å²) in [6.07, 6.45) is 3.41. The molecule has 19 heavy (non-hydrogen) atoms. The number of ether oxygens (including phenoxy) is 2. The van der Waals surface area contributed by atoms with Gasteiger partial charge in [0.05, 0.1) is 6.10 Å². The molecular weight excluding hydrogens is 242 g/mol. The molecule has 0 bridgehead atoms. The Morgan fingerprint density at radius 3 is 2.74 bits per heavy atom. The Morgan fingerprint density at radius 2 is 2.11 bits per heavy atom. The Hall–Kier alpha value is -0.810. The van der Waals surface area contributed by atoms with Crippen LogP contribution in [-0.4, -0.2) is 51.0 Å². The molecule has 5 heteroatoms. The second-order valence-electron chi connectivity index (χ2n) is 5.10. The van der Waals surface area contributed by atoms with Crippen molar-refractivity contribution in [2.75, 3.05) is 32.9 Å². The first-order valence-electron chi connectivity index (χ1n) is 7.46. The van der Waals surface area contributed by atoms with Crippen LogP contribution in [0.2, 0.25) is 0 Å². The molecule has 1 saturated heterocycles. The molecule has 112 valence electrons. The second-order valence-corrected chi connectivity index (χ2v) is 5.10. The highest BCUT2D eigenvalue weighted by atomic mass is 16.5. The van der Waals surface area contributed by atoms with E-state index in [1.54, 1.807) is 0 Å². The van der Waals surface area contributed by atoms with Crippen LogP contribution in [0.25, 0.3) is 0 Å². The summed E-state index contributed by atoms with van der Waals surface area (Å²) in [4.78, 5) is 4.53. The molecule has 0 amide bonds. The molecule has 0 saturated carbocycles. The molecule has 0 spiro atoms. The molecule has 0 unspecified atom stereocenters. The van der Waals surface area contributed by atoms with Gasteiger partial charge in [0.25, 0.3) is 0 Å². The van der Waals surface area contributed by atoms with Crippen LogP contribution in [0.1, 0.15) is 40.0 Å². The van der Waals surface area contributed by atoms with E-state index in [9.17, 15) is 0 Å². The Kier molecular flexibility index (Phi) is 8.58. The minimum Gasteiger partial charge on any atom is -0.381 e. The first kappa shape index (κ1) is 16.2. The molecule has 1 rings (SSSR count). The topological polar surface area (TPSA) is 54.9 Å². The molecule has 1 aliphatic rings. The van der Waals surface area contributed by atoms with Crippen molar-refractivity contribution in [3.05, 3.63) is 0 Å². The molecular formula is C14H29N3O2. The smallest absolute Gasteiger partial charge is 0.191 e. The monoisotopic (exact) mass is 271 g/mol. The highest BCUT2D eigenvalue weighted by Crippen LogP contribution is 2.10. The van der Waals surface area contributed by atoms with Crippen LogP contribution in [-0.2, 0) is 9.47 Å². The number of hydrogen-bond acceptors (Lipinski definition) is 3. The van der Waals surface area contributed by atoms with Crippen molar-refractivity contribution in [3.8, 4) is 0 Å². The van der Waals surface area contributed by atoms with Crippen LogP contribution in [0, 0.1) is 0 Å². The fourth-order valence-electron chi connectivity index (χ4n) is 1.94. The summed E-state index contributed by atoms with van der Waals surface area (Å²) >= 11 is 0. The molecule has 1 fully saturated rings. The summed E-state index contributed by atoms with van der Waals surface area (Å²) in [5.74, 6) is 0.892. The van der Waals surface area contributed by atoms with Gasteiger partial charge in [-0.2, -0.15) is 0 Å². The van der Waals surface area contributed by atoms with E-state index in [0.29, 0.717) is 12.1 Å². The predicted octanol–water partition coefficient (Wildman–Crippen LogP) is 1.54. The average Bonchev–Trinajstić information content (AvgIpc) is 2.39. The van der Waals surface area contributed by atoms with Crippen molar-refractivity contribution >= 4 is 5.96 Å². The van der Waals surface area contributed by atoms with Crippen LogP contribution < -0.4 is 10.6 Å². The highest BCUT2D eigenvalue weighted by molar-refractivity contribution is 5.79. The number of nitrogens with zero attached hydrogens (tertiary/aromatic N) is 1. The summed E-state index contributed by atoms with van der Waals surface area (Å²) in [5, 5.41) is 6.54. The van der Waals surface area contributed by atoms with E-state index in [2.05, 4.69) is 36.4 Å². The fraction of sp³-hybridized carbons (Fsp3) is 0.929. The number of guanidine groups is 1. The number of rotatable bonds is 7. The summed E-state index contributed by atoms with van der Waals surface area (Å²) in [6.45, 7) is 10.4. The molecule has 0 aromatic heterocycles. The van der Waals surface area contributed by atoms with Gasteiger partial charge >= 0.3 is 0 Å². The summed E-state index contributed by atoms with van der Waals surface area (Å²) < 4.78 is 11.1. The number of hydrogen-bond donors (Lipinski definition) is 2. The van der Waals surface area contributed by atoms with Gasteiger partial charge in [0.2, 0.25) is 0 Å². The van der Waals surface area contributed by atoms with Gasteiger partial charge in [-0.05, 0) is 40.0 Å². The lowest BCUT2D eigenvalue weighted by Crippen LogP contribution is -2.41. The molecule has 0 aliphatic carbocycles. The molecule has 0 aromatic rings. The van der Waals surface area contributed by atoms with Crippen LogP contribution in [0.3, 0.4) is 0 Å². The van der Waals surface area contributed by atoms with Gasteiger partial charge in [-0.3, -0.25) is 4.99 Å². The van der Waals surface area contributed by atoms with Crippen LogP contribution in [0.5, 0.6) is 0 Å². The lowest BCUT2D eigenvalue weighted by Gasteiger charge is -2.22. The van der Waals surface area contributed by atoms with Gasteiger partial charge in [-0.25, -0.2) is 0 Å². The minimum absolute atomic E-state index is 0.389. The molecule has 5 nitrogen and oxygen atoms in total. The van der Waals surface area contributed by atoms with Crippen LogP contribution >= 0.6 is 0 Å². The van der Waals surface area contributed by atoms with Crippen LogP contribution in [0.15, 0.2) is 4.99 Å². The SMILES string of the molecule is CCNC(=NCCCOC1CCOCC1)NC(C)C. The lowest BCUT2D eigenvalue weighted by atomic mass is 10.1. The first-order valence-corrected chi connectivity index (χ1v) is 7.46. The normalized spacial score (nSPS) is 17.8. The molecule has 1 aliphatic heterocycles. The molecule has 1 heterocycles. The van der Waals surface area contributed by atoms with Gasteiger partial charge in [0.15, 0.2) is 5.96 Å². The van der Waals surface area contributed by atoms with Gasteiger partial charge in [0.1, 0.15) is 0 Å². The van der Waals surface area contributed by atoms with E-state index in [0.717, 1.165) is 58.1 Å². The summed E-state index contributed by atoms with van der Waals surface area (Å²) in [6, 6.07) is 0.399. The second kappa shape index (κ2) is 10.0. The maximum absolute atomic E-state index is 5.82. The number of aliphatic imine (C=N–C) groups is 1. The maximum atomic E-state index is 5.82.